The summed E-state index contributed by atoms with van der Waals surface area (Å²) in [4.78, 5) is 16.2. The highest BCUT2D eigenvalue weighted by atomic mass is 19.1. The quantitative estimate of drug-likeness (QED) is 0.616. The number of rotatable bonds is 5. The number of hydrogen-bond acceptors (Lipinski definition) is 5. The second kappa shape index (κ2) is 7.17. The minimum atomic E-state index is -0.563. The molecule has 0 atom stereocenters. The number of aliphatic imine (C=N–C) groups is 1. The van der Waals surface area contributed by atoms with E-state index < -0.39 is 5.97 Å². The SMILES string of the molecule is CCOc1ccc(/C=C2/N=C(c3ccc(F)cc3)OC2=O)cc1OC. The number of halogens is 1. The van der Waals surface area contributed by atoms with Gasteiger partial charge in [0.15, 0.2) is 17.2 Å². The molecule has 0 unspecified atom stereocenters. The highest BCUT2D eigenvalue weighted by Gasteiger charge is 2.24. The van der Waals surface area contributed by atoms with E-state index in [2.05, 4.69) is 4.99 Å². The molecule has 0 saturated heterocycles. The van der Waals surface area contributed by atoms with Gasteiger partial charge < -0.3 is 14.2 Å². The number of esters is 1. The smallest absolute Gasteiger partial charge is 0.363 e. The topological polar surface area (TPSA) is 57.1 Å². The normalized spacial score (nSPS) is 15.1. The van der Waals surface area contributed by atoms with Crippen LogP contribution in [-0.2, 0) is 9.53 Å². The molecule has 128 valence electrons. The third-order valence-corrected chi connectivity index (χ3v) is 3.50. The Labute approximate surface area is 144 Å². The first-order valence-corrected chi connectivity index (χ1v) is 7.70. The minimum Gasteiger partial charge on any atom is -0.493 e. The first-order chi connectivity index (χ1) is 12.1. The average molecular weight is 341 g/mol. The maximum atomic E-state index is 13.0. The Kier molecular flexibility index (Phi) is 4.79. The summed E-state index contributed by atoms with van der Waals surface area (Å²) in [6.07, 6.45) is 1.59. The van der Waals surface area contributed by atoms with Crippen molar-refractivity contribution in [2.45, 2.75) is 6.92 Å². The highest BCUT2D eigenvalue weighted by molar-refractivity contribution is 6.12. The fourth-order valence-corrected chi connectivity index (χ4v) is 2.33. The molecule has 2 aromatic carbocycles. The van der Waals surface area contributed by atoms with Crippen LogP contribution in [0.3, 0.4) is 0 Å². The molecule has 1 aliphatic rings. The molecule has 0 saturated carbocycles. The second-order valence-electron chi connectivity index (χ2n) is 5.19. The van der Waals surface area contributed by atoms with E-state index in [0.29, 0.717) is 23.7 Å². The van der Waals surface area contributed by atoms with Crippen LogP contribution in [0.2, 0.25) is 0 Å². The van der Waals surface area contributed by atoms with Crippen LogP contribution in [0.1, 0.15) is 18.1 Å². The van der Waals surface area contributed by atoms with Gasteiger partial charge in [-0.05, 0) is 55.0 Å². The summed E-state index contributed by atoms with van der Waals surface area (Å²) in [6.45, 7) is 2.41. The van der Waals surface area contributed by atoms with Gasteiger partial charge in [-0.2, -0.15) is 0 Å². The van der Waals surface area contributed by atoms with E-state index in [1.54, 1.807) is 31.4 Å². The summed E-state index contributed by atoms with van der Waals surface area (Å²) >= 11 is 0. The Morgan fingerprint density at radius 3 is 2.60 bits per heavy atom. The molecule has 0 N–H and O–H groups in total. The molecule has 0 radical (unpaired) electrons. The summed E-state index contributed by atoms with van der Waals surface area (Å²) in [6, 6.07) is 10.9. The third kappa shape index (κ3) is 3.68. The lowest BCUT2D eigenvalue weighted by Gasteiger charge is -2.09. The van der Waals surface area contributed by atoms with Gasteiger partial charge >= 0.3 is 5.97 Å². The monoisotopic (exact) mass is 341 g/mol. The molecule has 1 aliphatic heterocycles. The highest BCUT2D eigenvalue weighted by Crippen LogP contribution is 2.29. The molecule has 0 amide bonds. The van der Waals surface area contributed by atoms with E-state index in [-0.39, 0.29) is 17.4 Å². The molecular weight excluding hydrogens is 325 g/mol. The molecule has 0 spiro atoms. The number of hydrogen-bond donors (Lipinski definition) is 0. The number of methoxy groups -OCH3 is 1. The van der Waals surface area contributed by atoms with Crippen LogP contribution in [0.25, 0.3) is 6.08 Å². The molecule has 0 aliphatic carbocycles. The summed E-state index contributed by atoms with van der Waals surface area (Å²) in [5.41, 5.74) is 1.41. The van der Waals surface area contributed by atoms with Crippen molar-refractivity contribution in [2.24, 2.45) is 4.99 Å². The van der Waals surface area contributed by atoms with Crippen molar-refractivity contribution in [1.82, 2.24) is 0 Å². The van der Waals surface area contributed by atoms with Crippen LogP contribution in [0.4, 0.5) is 4.39 Å². The number of carbonyl (C=O) groups excluding carboxylic acids is 1. The van der Waals surface area contributed by atoms with Gasteiger partial charge in [-0.3, -0.25) is 0 Å². The molecule has 1 heterocycles. The molecule has 3 rings (SSSR count). The number of ether oxygens (including phenoxy) is 3. The van der Waals surface area contributed by atoms with E-state index >= 15 is 0 Å². The van der Waals surface area contributed by atoms with Crippen molar-refractivity contribution >= 4 is 17.9 Å². The lowest BCUT2D eigenvalue weighted by Crippen LogP contribution is -2.05. The largest absolute Gasteiger partial charge is 0.493 e. The van der Waals surface area contributed by atoms with Crippen LogP contribution < -0.4 is 9.47 Å². The Hall–Kier alpha value is -3.15. The van der Waals surface area contributed by atoms with Crippen LogP contribution >= 0.6 is 0 Å². The average Bonchev–Trinajstić information content (AvgIpc) is 2.97. The predicted molar refractivity (Wildman–Crippen MR) is 91.2 cm³/mol. The first kappa shape index (κ1) is 16.7. The standard InChI is InChI=1S/C19H16FNO4/c1-3-24-16-9-4-12(11-17(16)23-2)10-15-19(22)25-18(21-15)13-5-7-14(20)8-6-13/h4-11H,3H2,1-2H3/b15-10+. The first-order valence-electron chi connectivity index (χ1n) is 7.70. The Bertz CT molecular complexity index is 856. The van der Waals surface area contributed by atoms with Gasteiger partial charge in [0.25, 0.3) is 0 Å². The van der Waals surface area contributed by atoms with E-state index in [1.165, 1.54) is 24.3 Å². The summed E-state index contributed by atoms with van der Waals surface area (Å²) < 4.78 is 28.9. The summed E-state index contributed by atoms with van der Waals surface area (Å²) in [7, 11) is 1.55. The molecular formula is C19H16FNO4. The lowest BCUT2D eigenvalue weighted by atomic mass is 10.1. The van der Waals surface area contributed by atoms with Crippen molar-refractivity contribution in [2.75, 3.05) is 13.7 Å². The Balaban J connectivity index is 1.90. The molecule has 0 fully saturated rings. The van der Waals surface area contributed by atoms with Crippen LogP contribution in [0.15, 0.2) is 53.2 Å². The van der Waals surface area contributed by atoms with Gasteiger partial charge in [0.2, 0.25) is 5.90 Å². The molecule has 25 heavy (non-hydrogen) atoms. The molecule has 6 heteroatoms. The Morgan fingerprint density at radius 2 is 1.92 bits per heavy atom. The predicted octanol–water partition coefficient (Wildman–Crippen LogP) is 3.58. The van der Waals surface area contributed by atoms with Gasteiger partial charge in [0, 0.05) is 5.56 Å². The number of nitrogens with zero attached hydrogens (tertiary/aromatic N) is 1. The number of carbonyl (C=O) groups is 1. The van der Waals surface area contributed by atoms with E-state index in [1.807, 2.05) is 6.92 Å². The second-order valence-corrected chi connectivity index (χ2v) is 5.19. The van der Waals surface area contributed by atoms with Crippen molar-refractivity contribution < 1.29 is 23.4 Å². The fourth-order valence-electron chi connectivity index (χ4n) is 2.33. The molecule has 2 aromatic rings. The summed E-state index contributed by atoms with van der Waals surface area (Å²) in [5.74, 6) is 0.397. The lowest BCUT2D eigenvalue weighted by molar-refractivity contribution is -0.129. The zero-order valence-corrected chi connectivity index (χ0v) is 13.8. The van der Waals surface area contributed by atoms with E-state index in [9.17, 15) is 9.18 Å². The van der Waals surface area contributed by atoms with Gasteiger partial charge in [0.05, 0.1) is 13.7 Å². The molecule has 0 aromatic heterocycles. The fraction of sp³-hybridized carbons (Fsp3) is 0.158. The van der Waals surface area contributed by atoms with Crippen molar-refractivity contribution in [1.29, 1.82) is 0 Å². The van der Waals surface area contributed by atoms with E-state index in [0.717, 1.165) is 5.56 Å². The Morgan fingerprint density at radius 1 is 1.16 bits per heavy atom. The van der Waals surface area contributed by atoms with Crippen molar-refractivity contribution in [3.8, 4) is 11.5 Å². The molecule has 5 nitrogen and oxygen atoms in total. The van der Waals surface area contributed by atoms with Crippen LogP contribution in [-0.4, -0.2) is 25.6 Å². The van der Waals surface area contributed by atoms with Gasteiger partial charge in [-0.1, -0.05) is 6.07 Å². The van der Waals surface area contributed by atoms with Gasteiger partial charge in [-0.15, -0.1) is 0 Å². The van der Waals surface area contributed by atoms with Crippen LogP contribution in [0, 0.1) is 5.82 Å². The molecule has 0 bridgehead atoms. The van der Waals surface area contributed by atoms with Gasteiger partial charge in [0.1, 0.15) is 5.82 Å². The van der Waals surface area contributed by atoms with Gasteiger partial charge in [-0.25, -0.2) is 14.2 Å². The third-order valence-electron chi connectivity index (χ3n) is 3.50. The zero-order valence-electron chi connectivity index (χ0n) is 13.8. The minimum absolute atomic E-state index is 0.147. The maximum Gasteiger partial charge on any atom is 0.363 e. The van der Waals surface area contributed by atoms with E-state index in [4.69, 9.17) is 14.2 Å². The van der Waals surface area contributed by atoms with Crippen molar-refractivity contribution in [3.05, 3.63) is 65.1 Å². The number of benzene rings is 2. The van der Waals surface area contributed by atoms with Crippen molar-refractivity contribution in [3.63, 3.8) is 0 Å². The summed E-state index contributed by atoms with van der Waals surface area (Å²) in [5, 5.41) is 0. The van der Waals surface area contributed by atoms with Crippen LogP contribution in [0.5, 0.6) is 11.5 Å². The zero-order chi connectivity index (χ0) is 17.8. The maximum absolute atomic E-state index is 13.0. The number of cyclic esters (lactones) is 1.